The first-order valence-electron chi connectivity index (χ1n) is 7.86. The Bertz CT molecular complexity index is 484. The molecule has 0 aliphatic rings. The van der Waals surface area contributed by atoms with E-state index in [0.717, 1.165) is 5.56 Å². The van der Waals surface area contributed by atoms with E-state index in [2.05, 4.69) is 10.6 Å². The maximum atomic E-state index is 11.1. The quantitative estimate of drug-likeness (QED) is 0.712. The van der Waals surface area contributed by atoms with E-state index in [1.54, 1.807) is 33.0 Å². The van der Waals surface area contributed by atoms with E-state index in [1.165, 1.54) is 0 Å². The van der Waals surface area contributed by atoms with Crippen LogP contribution in [0.25, 0.3) is 0 Å². The molecule has 138 valence electrons. The smallest absolute Gasteiger partial charge is 0.147 e. The van der Waals surface area contributed by atoms with Gasteiger partial charge in [0.1, 0.15) is 17.3 Å². The highest BCUT2D eigenvalue weighted by atomic mass is 16.3. The van der Waals surface area contributed by atoms with Gasteiger partial charge in [0.2, 0.25) is 0 Å². The van der Waals surface area contributed by atoms with E-state index in [4.69, 9.17) is 5.11 Å². The highest BCUT2D eigenvalue weighted by molar-refractivity contribution is 5.82. The van der Waals surface area contributed by atoms with Gasteiger partial charge in [-0.25, -0.2) is 0 Å². The number of carbonyl (C=O) groups excluding carboxylic acids is 2. The Hall–Kier alpha value is -1.72. The van der Waals surface area contributed by atoms with Gasteiger partial charge in [0, 0.05) is 0 Å². The third-order valence-electron chi connectivity index (χ3n) is 3.63. The molecule has 0 fully saturated rings. The minimum absolute atomic E-state index is 0. The topological polar surface area (TPSA) is 78.4 Å². The number of ketones is 2. The monoisotopic (exact) mass is 338 g/mol. The molecule has 0 saturated heterocycles. The van der Waals surface area contributed by atoms with Crippen LogP contribution in [0.2, 0.25) is 0 Å². The van der Waals surface area contributed by atoms with E-state index >= 15 is 0 Å². The molecule has 2 atom stereocenters. The number of hydrogen-bond donors (Lipinski definition) is 3. The van der Waals surface area contributed by atoms with Gasteiger partial charge in [-0.05, 0) is 58.0 Å². The summed E-state index contributed by atoms with van der Waals surface area (Å²) in [6.45, 7) is 7.24. The zero-order valence-electron chi connectivity index (χ0n) is 15.0. The normalized spacial score (nSPS) is 12.5. The van der Waals surface area contributed by atoms with E-state index in [-0.39, 0.29) is 36.8 Å². The van der Waals surface area contributed by atoms with Crippen molar-refractivity contribution in [1.82, 2.24) is 10.6 Å². The number of carbonyl (C=O) groups is 2. The molecule has 0 amide bonds. The standard InChI is InChI=1S/C11H15NO2.C7H15NO.CH4/c1-8(13)11(12-2)7-9-3-5-10(14)6-4-9;1-5(2)7(8-4)6(3)9;/h3-6,11-12,14H,7H2,1-2H3;5,7-8H,1-4H3;1H4/t11-;7-;/m00./s1. The van der Waals surface area contributed by atoms with Crippen LogP contribution in [0.3, 0.4) is 0 Å². The van der Waals surface area contributed by atoms with Crippen molar-refractivity contribution in [3.8, 4) is 5.75 Å². The van der Waals surface area contributed by atoms with Gasteiger partial charge in [-0.15, -0.1) is 0 Å². The van der Waals surface area contributed by atoms with Crippen LogP contribution in [0.1, 0.15) is 40.7 Å². The molecule has 5 nitrogen and oxygen atoms in total. The number of rotatable bonds is 7. The van der Waals surface area contributed by atoms with Gasteiger partial charge in [0.25, 0.3) is 0 Å². The summed E-state index contributed by atoms with van der Waals surface area (Å²) in [6.07, 6.45) is 0.659. The summed E-state index contributed by atoms with van der Waals surface area (Å²) in [4.78, 5) is 21.9. The summed E-state index contributed by atoms with van der Waals surface area (Å²) in [6, 6.07) is 6.79. The number of Topliss-reactive ketones (excluding diaryl/α,β-unsaturated/α-hetero) is 2. The van der Waals surface area contributed by atoms with Gasteiger partial charge in [0.15, 0.2) is 0 Å². The fraction of sp³-hybridized carbons (Fsp3) is 0.579. The van der Waals surface area contributed by atoms with E-state index in [1.807, 2.05) is 33.0 Å². The Balaban J connectivity index is 0. The van der Waals surface area contributed by atoms with Crippen molar-refractivity contribution >= 4 is 11.6 Å². The third-order valence-corrected chi connectivity index (χ3v) is 3.63. The van der Waals surface area contributed by atoms with Crippen molar-refractivity contribution in [2.75, 3.05) is 14.1 Å². The lowest BCUT2D eigenvalue weighted by Crippen LogP contribution is -2.36. The van der Waals surface area contributed by atoms with Gasteiger partial charge < -0.3 is 15.7 Å². The van der Waals surface area contributed by atoms with Crippen molar-refractivity contribution in [2.45, 2.75) is 53.6 Å². The predicted molar refractivity (Wildman–Crippen MR) is 100 cm³/mol. The number of likely N-dealkylation sites (N-methyl/N-ethyl adjacent to an activating group) is 2. The van der Waals surface area contributed by atoms with E-state index < -0.39 is 0 Å². The molecule has 0 bridgehead atoms. The lowest BCUT2D eigenvalue weighted by atomic mass is 10.0. The number of hydrogen-bond acceptors (Lipinski definition) is 5. The summed E-state index contributed by atoms with van der Waals surface area (Å²) in [5, 5.41) is 15.0. The first-order valence-corrected chi connectivity index (χ1v) is 7.86. The number of phenols is 1. The Kier molecular flexibility index (Phi) is 13.0. The molecular weight excluding hydrogens is 304 g/mol. The summed E-state index contributed by atoms with van der Waals surface area (Å²) < 4.78 is 0. The molecule has 1 aromatic rings. The highest BCUT2D eigenvalue weighted by Gasteiger charge is 2.14. The fourth-order valence-corrected chi connectivity index (χ4v) is 2.32. The lowest BCUT2D eigenvalue weighted by Gasteiger charge is -2.15. The van der Waals surface area contributed by atoms with Crippen molar-refractivity contribution in [3.63, 3.8) is 0 Å². The molecule has 1 rings (SSSR count). The van der Waals surface area contributed by atoms with E-state index in [9.17, 15) is 9.59 Å². The van der Waals surface area contributed by atoms with Gasteiger partial charge in [-0.1, -0.05) is 33.4 Å². The van der Waals surface area contributed by atoms with Crippen molar-refractivity contribution in [1.29, 1.82) is 0 Å². The molecule has 24 heavy (non-hydrogen) atoms. The van der Waals surface area contributed by atoms with Crippen LogP contribution < -0.4 is 10.6 Å². The molecule has 0 aromatic heterocycles. The van der Waals surface area contributed by atoms with Crippen LogP contribution in [0.4, 0.5) is 0 Å². The largest absolute Gasteiger partial charge is 0.508 e. The molecule has 0 aliphatic carbocycles. The number of benzene rings is 1. The third kappa shape index (κ3) is 9.43. The Morgan fingerprint density at radius 3 is 1.75 bits per heavy atom. The Morgan fingerprint density at radius 2 is 1.50 bits per heavy atom. The van der Waals surface area contributed by atoms with E-state index in [0.29, 0.717) is 12.3 Å². The number of aromatic hydroxyl groups is 1. The Morgan fingerprint density at radius 1 is 1.00 bits per heavy atom. The number of phenolic OH excluding ortho intramolecular Hbond substituents is 1. The SMILES string of the molecule is C.CN[C@@H](Cc1ccc(O)cc1)C(C)=O.CN[C@H](C(C)=O)C(C)C. The van der Waals surface area contributed by atoms with Crippen LogP contribution in [0.5, 0.6) is 5.75 Å². The van der Waals surface area contributed by atoms with Crippen LogP contribution in [-0.4, -0.2) is 42.9 Å². The summed E-state index contributed by atoms with van der Waals surface area (Å²) >= 11 is 0. The summed E-state index contributed by atoms with van der Waals surface area (Å²) in [5.74, 6) is 0.984. The summed E-state index contributed by atoms with van der Waals surface area (Å²) in [7, 11) is 3.58. The average molecular weight is 338 g/mol. The molecule has 0 aliphatic heterocycles. The van der Waals surface area contributed by atoms with Crippen molar-refractivity contribution in [3.05, 3.63) is 29.8 Å². The second-order valence-electron chi connectivity index (χ2n) is 5.94. The Labute approximate surface area is 146 Å². The van der Waals surface area contributed by atoms with Crippen LogP contribution in [0, 0.1) is 5.92 Å². The highest BCUT2D eigenvalue weighted by Crippen LogP contribution is 2.11. The average Bonchev–Trinajstić information content (AvgIpc) is 2.46. The van der Waals surface area contributed by atoms with Gasteiger partial charge in [0.05, 0.1) is 12.1 Å². The molecule has 0 spiro atoms. The fourth-order valence-electron chi connectivity index (χ4n) is 2.32. The van der Waals surface area contributed by atoms with Crippen LogP contribution in [0.15, 0.2) is 24.3 Å². The van der Waals surface area contributed by atoms with Crippen LogP contribution in [-0.2, 0) is 16.0 Å². The van der Waals surface area contributed by atoms with Crippen molar-refractivity contribution < 1.29 is 14.7 Å². The molecule has 5 heteroatoms. The first kappa shape index (κ1) is 24.5. The molecule has 0 radical (unpaired) electrons. The minimum atomic E-state index is -0.139. The first-order chi connectivity index (χ1) is 10.7. The van der Waals surface area contributed by atoms with Gasteiger partial charge in [-0.3, -0.25) is 9.59 Å². The maximum Gasteiger partial charge on any atom is 0.147 e. The van der Waals surface area contributed by atoms with Crippen LogP contribution >= 0.6 is 0 Å². The zero-order chi connectivity index (χ0) is 18.0. The second-order valence-corrected chi connectivity index (χ2v) is 5.94. The number of nitrogens with one attached hydrogen (secondary N) is 2. The second kappa shape index (κ2) is 12.7. The molecular formula is C19H34N2O3. The summed E-state index contributed by atoms with van der Waals surface area (Å²) in [5.41, 5.74) is 1.04. The maximum absolute atomic E-state index is 11.1. The van der Waals surface area contributed by atoms with Crippen molar-refractivity contribution in [2.24, 2.45) is 5.92 Å². The molecule has 0 heterocycles. The molecule has 0 saturated carbocycles. The van der Waals surface area contributed by atoms with Gasteiger partial charge >= 0.3 is 0 Å². The van der Waals surface area contributed by atoms with Gasteiger partial charge in [-0.2, -0.15) is 0 Å². The molecule has 1 aromatic carbocycles. The zero-order valence-corrected chi connectivity index (χ0v) is 15.0. The predicted octanol–water partition coefficient (Wildman–Crippen LogP) is 2.57. The molecule has 3 N–H and O–H groups in total. The molecule has 0 unspecified atom stereocenters. The minimum Gasteiger partial charge on any atom is -0.508 e. The lowest BCUT2D eigenvalue weighted by molar-refractivity contribution is -0.120.